The molecular formula is C22H17Cl2NO. The summed E-state index contributed by atoms with van der Waals surface area (Å²) in [4.78, 5) is 0. The number of anilines is 1. The Morgan fingerprint density at radius 3 is 2.73 bits per heavy atom. The number of rotatable bonds is 1. The molecule has 4 heteroatoms. The van der Waals surface area contributed by atoms with Crippen molar-refractivity contribution in [3.8, 4) is 5.75 Å². The van der Waals surface area contributed by atoms with E-state index < -0.39 is 0 Å². The van der Waals surface area contributed by atoms with Crippen molar-refractivity contribution in [1.82, 2.24) is 0 Å². The van der Waals surface area contributed by atoms with Crippen molar-refractivity contribution in [2.75, 3.05) is 5.32 Å². The maximum absolute atomic E-state index is 10.7. The van der Waals surface area contributed by atoms with E-state index in [9.17, 15) is 5.11 Å². The molecule has 0 bridgehead atoms. The van der Waals surface area contributed by atoms with E-state index in [0.717, 1.165) is 34.0 Å². The Kier molecular flexibility index (Phi) is 3.66. The largest absolute Gasteiger partial charge is 0.508 e. The van der Waals surface area contributed by atoms with E-state index in [0.29, 0.717) is 21.7 Å². The first-order chi connectivity index (χ1) is 12.6. The van der Waals surface area contributed by atoms with Crippen molar-refractivity contribution in [3.05, 3.63) is 81.9 Å². The number of nitrogens with one attached hydrogen (secondary N) is 1. The van der Waals surface area contributed by atoms with Crippen LogP contribution in [-0.2, 0) is 0 Å². The van der Waals surface area contributed by atoms with E-state index in [1.165, 1.54) is 0 Å². The number of hydrogen-bond donors (Lipinski definition) is 2. The zero-order valence-corrected chi connectivity index (χ0v) is 15.4. The van der Waals surface area contributed by atoms with Gasteiger partial charge >= 0.3 is 0 Å². The lowest BCUT2D eigenvalue weighted by Gasteiger charge is -2.38. The van der Waals surface area contributed by atoms with Crippen LogP contribution in [0.2, 0.25) is 10.0 Å². The highest BCUT2D eigenvalue weighted by Gasteiger charge is 2.40. The molecule has 1 heterocycles. The Balaban J connectivity index is 1.73. The molecular weight excluding hydrogens is 365 g/mol. The van der Waals surface area contributed by atoms with Gasteiger partial charge in [-0.2, -0.15) is 0 Å². The maximum atomic E-state index is 10.7. The number of phenolic OH excluding ortho intramolecular Hbond substituents is 1. The van der Waals surface area contributed by atoms with E-state index in [1.54, 1.807) is 6.07 Å². The molecule has 0 aromatic heterocycles. The molecule has 3 atom stereocenters. The fourth-order valence-electron chi connectivity index (χ4n) is 4.54. The van der Waals surface area contributed by atoms with Crippen LogP contribution in [0.15, 0.2) is 60.7 Å². The molecule has 0 amide bonds. The molecule has 3 aromatic carbocycles. The van der Waals surface area contributed by atoms with Gasteiger partial charge in [-0.25, -0.2) is 0 Å². The van der Waals surface area contributed by atoms with Gasteiger partial charge in [-0.3, -0.25) is 0 Å². The Morgan fingerprint density at radius 2 is 1.85 bits per heavy atom. The van der Waals surface area contributed by atoms with Gasteiger partial charge < -0.3 is 10.4 Å². The highest BCUT2D eigenvalue weighted by molar-refractivity contribution is 6.35. The van der Waals surface area contributed by atoms with Gasteiger partial charge in [-0.15, -0.1) is 0 Å². The second-order valence-electron chi connectivity index (χ2n) is 7.04. The fraction of sp³-hybridized carbons (Fsp3) is 0.182. The Bertz CT molecular complexity index is 1060. The van der Waals surface area contributed by atoms with Crippen molar-refractivity contribution in [2.45, 2.75) is 18.4 Å². The molecule has 2 aliphatic rings. The van der Waals surface area contributed by atoms with Crippen LogP contribution >= 0.6 is 23.2 Å². The Labute approximate surface area is 162 Å². The summed E-state index contributed by atoms with van der Waals surface area (Å²) in [6.07, 6.45) is 5.40. The molecule has 0 radical (unpaired) electrons. The normalized spacial score (nSPS) is 23.5. The summed E-state index contributed by atoms with van der Waals surface area (Å²) in [5, 5.41) is 17.9. The molecule has 1 aliphatic heterocycles. The van der Waals surface area contributed by atoms with Crippen molar-refractivity contribution in [1.29, 1.82) is 0 Å². The quantitative estimate of drug-likeness (QED) is 0.460. The van der Waals surface area contributed by atoms with Gasteiger partial charge in [0.2, 0.25) is 0 Å². The van der Waals surface area contributed by atoms with E-state index in [-0.39, 0.29) is 12.0 Å². The number of allylic oxidation sites excluding steroid dienone is 2. The lowest BCUT2D eigenvalue weighted by atomic mass is 9.76. The van der Waals surface area contributed by atoms with Gasteiger partial charge in [0.1, 0.15) is 5.75 Å². The number of fused-ring (bicyclic) bond motifs is 4. The third kappa shape index (κ3) is 2.33. The second kappa shape index (κ2) is 5.94. The monoisotopic (exact) mass is 381 g/mol. The summed E-state index contributed by atoms with van der Waals surface area (Å²) in [5.41, 5.74) is 3.00. The van der Waals surface area contributed by atoms with Crippen LogP contribution in [0.3, 0.4) is 0 Å². The van der Waals surface area contributed by atoms with Crippen molar-refractivity contribution in [2.24, 2.45) is 5.92 Å². The number of aromatic hydroxyl groups is 1. The van der Waals surface area contributed by atoms with Gasteiger partial charge in [0.15, 0.2) is 0 Å². The van der Waals surface area contributed by atoms with Crippen LogP contribution in [0.4, 0.5) is 5.69 Å². The number of halogens is 2. The van der Waals surface area contributed by atoms with Crippen LogP contribution < -0.4 is 5.32 Å². The predicted octanol–water partition coefficient (Wildman–Crippen LogP) is 6.68. The standard InChI is InChI=1S/C22H17Cl2NO/c23-13-10-17(24)20-15-6-3-7-16(15)22(25-18(20)11-13)21-14-5-2-1-4-12(14)8-9-19(21)26/h1-6,8-11,15-16,22,25-26H,7H2. The average Bonchev–Trinajstić information content (AvgIpc) is 3.10. The Morgan fingerprint density at radius 1 is 1.00 bits per heavy atom. The number of benzene rings is 3. The van der Waals surface area contributed by atoms with Crippen molar-refractivity contribution >= 4 is 39.7 Å². The number of hydrogen-bond acceptors (Lipinski definition) is 2. The summed E-state index contributed by atoms with van der Waals surface area (Å²) < 4.78 is 0. The first-order valence-electron chi connectivity index (χ1n) is 8.76. The van der Waals surface area contributed by atoms with E-state index in [4.69, 9.17) is 23.2 Å². The molecule has 2 nitrogen and oxygen atoms in total. The molecule has 26 heavy (non-hydrogen) atoms. The summed E-state index contributed by atoms with van der Waals surface area (Å²) in [7, 11) is 0. The molecule has 130 valence electrons. The minimum Gasteiger partial charge on any atom is -0.508 e. The summed E-state index contributed by atoms with van der Waals surface area (Å²) in [6.45, 7) is 0. The van der Waals surface area contributed by atoms with Crippen LogP contribution in [-0.4, -0.2) is 5.11 Å². The lowest BCUT2D eigenvalue weighted by molar-refractivity contribution is 0.405. The average molecular weight is 382 g/mol. The molecule has 0 spiro atoms. The minimum absolute atomic E-state index is 0.0110. The molecule has 0 saturated carbocycles. The predicted molar refractivity (Wildman–Crippen MR) is 108 cm³/mol. The topological polar surface area (TPSA) is 32.3 Å². The highest BCUT2D eigenvalue weighted by atomic mass is 35.5. The van der Waals surface area contributed by atoms with Gasteiger partial charge in [-0.1, -0.05) is 65.7 Å². The number of phenols is 1. The SMILES string of the molecule is Oc1ccc2ccccc2c1C1Nc2cc(Cl)cc(Cl)c2C2C=CCC21. The summed E-state index contributed by atoms with van der Waals surface area (Å²) in [5.74, 6) is 0.848. The summed E-state index contributed by atoms with van der Waals surface area (Å²) in [6, 6.07) is 15.7. The van der Waals surface area contributed by atoms with Gasteiger partial charge in [0.25, 0.3) is 0 Å². The van der Waals surface area contributed by atoms with E-state index >= 15 is 0 Å². The molecule has 2 N–H and O–H groups in total. The summed E-state index contributed by atoms with van der Waals surface area (Å²) >= 11 is 12.8. The molecule has 3 unspecified atom stereocenters. The first kappa shape index (κ1) is 16.0. The zero-order valence-electron chi connectivity index (χ0n) is 13.9. The minimum atomic E-state index is -0.0110. The van der Waals surface area contributed by atoms with Gasteiger partial charge in [0, 0.05) is 32.8 Å². The van der Waals surface area contributed by atoms with Crippen LogP contribution in [0.1, 0.15) is 29.5 Å². The third-order valence-corrected chi connectivity index (χ3v) is 6.17. The van der Waals surface area contributed by atoms with Crippen LogP contribution in [0.5, 0.6) is 5.75 Å². The van der Waals surface area contributed by atoms with E-state index in [1.807, 2.05) is 30.3 Å². The fourth-order valence-corrected chi connectivity index (χ4v) is 5.16. The molecule has 1 aliphatic carbocycles. The van der Waals surface area contributed by atoms with Crippen LogP contribution in [0.25, 0.3) is 10.8 Å². The smallest absolute Gasteiger partial charge is 0.121 e. The molecule has 0 saturated heterocycles. The molecule has 5 rings (SSSR count). The molecule has 0 fully saturated rings. The Hall–Kier alpha value is -2.16. The van der Waals surface area contributed by atoms with Crippen molar-refractivity contribution < 1.29 is 5.11 Å². The second-order valence-corrected chi connectivity index (χ2v) is 7.89. The first-order valence-corrected chi connectivity index (χ1v) is 9.52. The van der Waals surface area contributed by atoms with Gasteiger partial charge in [-0.05, 0) is 41.3 Å². The highest BCUT2D eigenvalue weighted by Crippen LogP contribution is 2.54. The molecule has 3 aromatic rings. The maximum Gasteiger partial charge on any atom is 0.121 e. The van der Waals surface area contributed by atoms with E-state index in [2.05, 4.69) is 29.6 Å². The van der Waals surface area contributed by atoms with Gasteiger partial charge in [0.05, 0.1) is 6.04 Å². The zero-order chi connectivity index (χ0) is 17.8. The lowest BCUT2D eigenvalue weighted by Crippen LogP contribution is -2.29. The van der Waals surface area contributed by atoms with Crippen molar-refractivity contribution in [3.63, 3.8) is 0 Å². The third-order valence-electron chi connectivity index (χ3n) is 5.64. The van der Waals surface area contributed by atoms with Crippen LogP contribution in [0, 0.1) is 5.92 Å².